The number of aromatic nitrogens is 1. The molecule has 0 aliphatic carbocycles. The van der Waals surface area contributed by atoms with E-state index < -0.39 is 0 Å². The highest BCUT2D eigenvalue weighted by atomic mass is 32.1. The molecule has 0 radical (unpaired) electrons. The fourth-order valence-electron chi connectivity index (χ4n) is 1.70. The molecule has 3 heteroatoms. The Morgan fingerprint density at radius 2 is 2.00 bits per heavy atom. The lowest BCUT2D eigenvalue weighted by molar-refractivity contribution is 0.560. The molecule has 1 aromatic heterocycles. The molecule has 16 heavy (non-hydrogen) atoms. The first-order chi connectivity index (χ1) is 7.49. The molecule has 0 aromatic carbocycles. The van der Waals surface area contributed by atoms with Crippen molar-refractivity contribution in [2.45, 2.75) is 58.9 Å². The van der Waals surface area contributed by atoms with Crippen LogP contribution in [-0.2, 0) is 18.4 Å². The van der Waals surface area contributed by atoms with Gasteiger partial charge in [-0.25, -0.2) is 4.98 Å². The Kier molecular flexibility index (Phi) is 4.93. The quantitative estimate of drug-likeness (QED) is 0.852. The summed E-state index contributed by atoms with van der Waals surface area (Å²) >= 11 is 1.88. The van der Waals surface area contributed by atoms with Crippen LogP contribution in [0.1, 0.15) is 56.1 Å². The summed E-state index contributed by atoms with van der Waals surface area (Å²) in [6.07, 6.45) is 3.62. The predicted octanol–water partition coefficient (Wildman–Crippen LogP) is 3.50. The standard InChI is InChI=1S/C13H24N2S/c1-6-7-8-11-15-12(13(2,3)4)10(16-11)9-14-5/h14H,6-9H2,1-5H3. The highest BCUT2D eigenvalue weighted by Gasteiger charge is 2.22. The SMILES string of the molecule is CCCCc1nc(C(C)(C)C)c(CNC)s1. The van der Waals surface area contributed by atoms with Crippen molar-refractivity contribution in [3.63, 3.8) is 0 Å². The average Bonchev–Trinajstić information content (AvgIpc) is 2.58. The van der Waals surface area contributed by atoms with Crippen LogP contribution in [0.3, 0.4) is 0 Å². The van der Waals surface area contributed by atoms with E-state index in [-0.39, 0.29) is 5.41 Å². The third kappa shape index (κ3) is 3.56. The van der Waals surface area contributed by atoms with Crippen LogP contribution < -0.4 is 5.32 Å². The van der Waals surface area contributed by atoms with Gasteiger partial charge in [0.05, 0.1) is 10.7 Å². The van der Waals surface area contributed by atoms with Crippen LogP contribution in [0.4, 0.5) is 0 Å². The van der Waals surface area contributed by atoms with E-state index in [2.05, 4.69) is 33.0 Å². The van der Waals surface area contributed by atoms with Gasteiger partial charge in [0.2, 0.25) is 0 Å². The third-order valence-corrected chi connectivity index (χ3v) is 3.65. The average molecular weight is 240 g/mol. The number of thiazole rings is 1. The molecule has 0 saturated heterocycles. The molecular weight excluding hydrogens is 216 g/mol. The van der Waals surface area contributed by atoms with Crippen molar-refractivity contribution in [1.29, 1.82) is 0 Å². The van der Waals surface area contributed by atoms with Crippen molar-refractivity contribution in [2.75, 3.05) is 7.05 Å². The Bertz CT molecular complexity index is 323. The minimum absolute atomic E-state index is 0.160. The molecule has 0 saturated carbocycles. The first kappa shape index (κ1) is 13.7. The van der Waals surface area contributed by atoms with Crippen molar-refractivity contribution in [3.05, 3.63) is 15.6 Å². The van der Waals surface area contributed by atoms with Crippen molar-refractivity contribution in [1.82, 2.24) is 10.3 Å². The molecule has 0 unspecified atom stereocenters. The molecule has 92 valence electrons. The zero-order chi connectivity index (χ0) is 12.2. The second-order valence-corrected chi connectivity index (χ2v) is 6.43. The highest BCUT2D eigenvalue weighted by molar-refractivity contribution is 7.11. The van der Waals surface area contributed by atoms with E-state index in [1.165, 1.54) is 28.4 Å². The molecule has 0 aliphatic heterocycles. The number of rotatable bonds is 5. The molecule has 0 spiro atoms. The maximum Gasteiger partial charge on any atom is 0.0931 e. The van der Waals surface area contributed by atoms with Crippen molar-refractivity contribution < 1.29 is 0 Å². The topological polar surface area (TPSA) is 24.9 Å². The number of aryl methyl sites for hydroxylation is 1. The monoisotopic (exact) mass is 240 g/mol. The van der Waals surface area contributed by atoms with Crippen LogP contribution in [0, 0.1) is 0 Å². The van der Waals surface area contributed by atoms with Gasteiger partial charge in [-0.15, -0.1) is 11.3 Å². The van der Waals surface area contributed by atoms with Gasteiger partial charge in [-0.05, 0) is 19.9 Å². The van der Waals surface area contributed by atoms with Gasteiger partial charge >= 0.3 is 0 Å². The minimum atomic E-state index is 0.160. The first-order valence-corrected chi connectivity index (χ1v) is 6.94. The Morgan fingerprint density at radius 1 is 1.31 bits per heavy atom. The summed E-state index contributed by atoms with van der Waals surface area (Å²) in [7, 11) is 2.00. The largest absolute Gasteiger partial charge is 0.315 e. The van der Waals surface area contributed by atoms with E-state index >= 15 is 0 Å². The third-order valence-electron chi connectivity index (χ3n) is 2.53. The predicted molar refractivity (Wildman–Crippen MR) is 72.2 cm³/mol. The summed E-state index contributed by atoms with van der Waals surface area (Å²) in [5.41, 5.74) is 1.44. The molecular formula is C13H24N2S. The lowest BCUT2D eigenvalue weighted by Crippen LogP contribution is -2.16. The Labute approximate surface area is 103 Å². The number of hydrogen-bond acceptors (Lipinski definition) is 3. The molecule has 0 bridgehead atoms. The Morgan fingerprint density at radius 3 is 2.50 bits per heavy atom. The van der Waals surface area contributed by atoms with Crippen molar-refractivity contribution >= 4 is 11.3 Å². The van der Waals surface area contributed by atoms with E-state index in [1.54, 1.807) is 0 Å². The van der Waals surface area contributed by atoms with E-state index in [1.807, 2.05) is 18.4 Å². The fraction of sp³-hybridized carbons (Fsp3) is 0.769. The first-order valence-electron chi connectivity index (χ1n) is 6.12. The number of nitrogens with one attached hydrogen (secondary N) is 1. The van der Waals surface area contributed by atoms with Gasteiger partial charge in [0.1, 0.15) is 0 Å². The summed E-state index contributed by atoms with van der Waals surface area (Å²) in [5, 5.41) is 4.54. The van der Waals surface area contributed by atoms with E-state index in [9.17, 15) is 0 Å². The highest BCUT2D eigenvalue weighted by Crippen LogP contribution is 2.30. The maximum absolute atomic E-state index is 4.82. The smallest absolute Gasteiger partial charge is 0.0931 e. The summed E-state index contributed by atoms with van der Waals surface area (Å²) in [6, 6.07) is 0. The van der Waals surface area contributed by atoms with Gasteiger partial charge in [-0.2, -0.15) is 0 Å². The van der Waals surface area contributed by atoms with Gasteiger partial charge in [0.15, 0.2) is 0 Å². The molecule has 1 heterocycles. The number of hydrogen-bond donors (Lipinski definition) is 1. The van der Waals surface area contributed by atoms with E-state index in [0.29, 0.717) is 0 Å². The maximum atomic E-state index is 4.82. The lowest BCUT2D eigenvalue weighted by Gasteiger charge is -2.17. The summed E-state index contributed by atoms with van der Waals surface area (Å²) < 4.78 is 0. The molecule has 1 rings (SSSR count). The van der Waals surface area contributed by atoms with Crippen LogP contribution in [0.15, 0.2) is 0 Å². The van der Waals surface area contributed by atoms with Crippen molar-refractivity contribution in [2.24, 2.45) is 0 Å². The fourth-order valence-corrected chi connectivity index (χ4v) is 3.03. The van der Waals surface area contributed by atoms with Gasteiger partial charge in [0, 0.05) is 16.8 Å². The van der Waals surface area contributed by atoms with Crippen LogP contribution in [0.2, 0.25) is 0 Å². The second kappa shape index (κ2) is 5.78. The summed E-state index contributed by atoms with van der Waals surface area (Å²) in [6.45, 7) is 9.89. The second-order valence-electron chi connectivity index (χ2n) is 5.26. The van der Waals surface area contributed by atoms with Crippen LogP contribution in [0.25, 0.3) is 0 Å². The molecule has 0 atom stereocenters. The zero-order valence-corrected chi connectivity index (χ0v) is 12.0. The van der Waals surface area contributed by atoms with Crippen LogP contribution >= 0.6 is 11.3 Å². The zero-order valence-electron chi connectivity index (χ0n) is 11.2. The Hall–Kier alpha value is -0.410. The molecule has 0 fully saturated rings. The molecule has 1 N–H and O–H groups in total. The van der Waals surface area contributed by atoms with Crippen molar-refractivity contribution in [3.8, 4) is 0 Å². The van der Waals surface area contributed by atoms with E-state index in [0.717, 1.165) is 13.0 Å². The van der Waals surface area contributed by atoms with Crippen LogP contribution in [-0.4, -0.2) is 12.0 Å². The van der Waals surface area contributed by atoms with Crippen LogP contribution in [0.5, 0.6) is 0 Å². The van der Waals surface area contributed by atoms with Gasteiger partial charge in [0.25, 0.3) is 0 Å². The number of nitrogens with zero attached hydrogens (tertiary/aromatic N) is 1. The Balaban J connectivity index is 2.91. The van der Waals surface area contributed by atoms with E-state index in [4.69, 9.17) is 4.98 Å². The van der Waals surface area contributed by atoms with Gasteiger partial charge in [-0.3, -0.25) is 0 Å². The lowest BCUT2D eigenvalue weighted by atomic mass is 9.91. The van der Waals surface area contributed by atoms with Gasteiger partial charge < -0.3 is 5.32 Å². The summed E-state index contributed by atoms with van der Waals surface area (Å²) in [5.74, 6) is 0. The normalized spacial score (nSPS) is 12.1. The molecule has 0 amide bonds. The molecule has 1 aromatic rings. The molecule has 0 aliphatic rings. The summed E-state index contributed by atoms with van der Waals surface area (Å²) in [4.78, 5) is 6.22. The molecule has 2 nitrogen and oxygen atoms in total. The minimum Gasteiger partial charge on any atom is -0.315 e. The number of unbranched alkanes of at least 4 members (excludes halogenated alkanes) is 1. The van der Waals surface area contributed by atoms with Gasteiger partial charge in [-0.1, -0.05) is 34.1 Å².